The van der Waals surface area contributed by atoms with E-state index in [1.165, 1.54) is 11.3 Å². The highest BCUT2D eigenvalue weighted by atomic mass is 79.9. The van der Waals surface area contributed by atoms with Crippen molar-refractivity contribution in [1.82, 2.24) is 5.32 Å². The Morgan fingerprint density at radius 1 is 1.33 bits per heavy atom. The zero-order chi connectivity index (χ0) is 15.5. The van der Waals surface area contributed by atoms with Gasteiger partial charge in [-0.05, 0) is 49.9 Å². The number of rotatable bonds is 5. The van der Waals surface area contributed by atoms with Crippen LogP contribution in [0, 0.1) is 5.92 Å². The number of benzene rings is 1. The molecule has 1 aromatic rings. The number of aliphatic hydroxyl groups is 1. The van der Waals surface area contributed by atoms with E-state index < -0.39 is 5.60 Å². The van der Waals surface area contributed by atoms with E-state index in [4.69, 9.17) is 0 Å². The summed E-state index contributed by atoms with van der Waals surface area (Å²) in [6.07, 6.45) is 1.67. The van der Waals surface area contributed by atoms with Gasteiger partial charge in [-0.1, -0.05) is 35.8 Å². The van der Waals surface area contributed by atoms with E-state index >= 15 is 0 Å². The summed E-state index contributed by atoms with van der Waals surface area (Å²) in [6.45, 7) is 10.1. The van der Waals surface area contributed by atoms with Crippen molar-refractivity contribution in [2.45, 2.75) is 45.8 Å². The molecule has 118 valence electrons. The molecule has 21 heavy (non-hydrogen) atoms. The first-order valence-electron chi connectivity index (χ1n) is 7.84. The van der Waals surface area contributed by atoms with Gasteiger partial charge in [0.05, 0.1) is 5.60 Å². The average molecular weight is 355 g/mol. The van der Waals surface area contributed by atoms with Crippen molar-refractivity contribution in [3.63, 3.8) is 0 Å². The summed E-state index contributed by atoms with van der Waals surface area (Å²) >= 11 is 3.69. The molecule has 0 bridgehead atoms. The topological polar surface area (TPSA) is 35.5 Å². The van der Waals surface area contributed by atoms with Crippen LogP contribution in [0.15, 0.2) is 22.7 Å². The molecule has 1 aliphatic heterocycles. The van der Waals surface area contributed by atoms with E-state index in [9.17, 15) is 5.11 Å². The van der Waals surface area contributed by atoms with E-state index in [1.54, 1.807) is 0 Å². The summed E-state index contributed by atoms with van der Waals surface area (Å²) < 4.78 is 1.16. The summed E-state index contributed by atoms with van der Waals surface area (Å²) in [5, 5.41) is 13.5. The smallest absolute Gasteiger partial charge is 0.0653 e. The standard InChI is InChI=1S/C17H27BrN2O/c1-13(2)11-19-12-14-4-5-15(10-16(14)18)20-8-6-17(3,21)7-9-20/h4-5,10,13,19,21H,6-9,11-12H2,1-3H3. The number of halogens is 1. The van der Waals surface area contributed by atoms with Gasteiger partial charge in [-0.15, -0.1) is 0 Å². The predicted octanol–water partition coefficient (Wildman–Crippen LogP) is 3.55. The van der Waals surface area contributed by atoms with Crippen molar-refractivity contribution >= 4 is 21.6 Å². The molecule has 0 aromatic heterocycles. The van der Waals surface area contributed by atoms with Crippen molar-refractivity contribution in [2.75, 3.05) is 24.5 Å². The van der Waals surface area contributed by atoms with Crippen LogP contribution in [0.25, 0.3) is 0 Å². The van der Waals surface area contributed by atoms with Crippen molar-refractivity contribution in [3.05, 3.63) is 28.2 Å². The fraction of sp³-hybridized carbons (Fsp3) is 0.647. The van der Waals surface area contributed by atoms with Gasteiger partial charge >= 0.3 is 0 Å². The zero-order valence-electron chi connectivity index (χ0n) is 13.3. The molecule has 0 radical (unpaired) electrons. The van der Waals surface area contributed by atoms with E-state index in [1.807, 2.05) is 6.92 Å². The Morgan fingerprint density at radius 3 is 2.57 bits per heavy atom. The molecule has 1 saturated heterocycles. The normalized spacial score (nSPS) is 18.3. The van der Waals surface area contributed by atoms with Crippen LogP contribution in [-0.4, -0.2) is 30.3 Å². The molecule has 0 saturated carbocycles. The van der Waals surface area contributed by atoms with Crippen LogP contribution in [0.3, 0.4) is 0 Å². The van der Waals surface area contributed by atoms with Crippen LogP contribution in [-0.2, 0) is 6.54 Å². The number of nitrogens with zero attached hydrogens (tertiary/aromatic N) is 1. The molecule has 3 nitrogen and oxygen atoms in total. The molecule has 0 unspecified atom stereocenters. The molecule has 0 amide bonds. The first-order chi connectivity index (χ1) is 9.87. The lowest BCUT2D eigenvalue weighted by atomic mass is 9.93. The van der Waals surface area contributed by atoms with Gasteiger partial charge in [-0.3, -0.25) is 0 Å². The maximum Gasteiger partial charge on any atom is 0.0653 e. The highest BCUT2D eigenvalue weighted by Gasteiger charge is 2.27. The first kappa shape index (κ1) is 16.8. The van der Waals surface area contributed by atoms with Gasteiger partial charge in [0, 0.05) is 29.8 Å². The van der Waals surface area contributed by atoms with Gasteiger partial charge in [-0.25, -0.2) is 0 Å². The molecule has 0 aliphatic carbocycles. The number of hydrogen-bond donors (Lipinski definition) is 2. The molecular weight excluding hydrogens is 328 g/mol. The average Bonchev–Trinajstić information content (AvgIpc) is 2.40. The van der Waals surface area contributed by atoms with Gasteiger partial charge in [0.2, 0.25) is 0 Å². The van der Waals surface area contributed by atoms with Crippen LogP contribution < -0.4 is 10.2 Å². The summed E-state index contributed by atoms with van der Waals surface area (Å²) in [6, 6.07) is 6.59. The number of hydrogen-bond acceptors (Lipinski definition) is 3. The highest BCUT2D eigenvalue weighted by Crippen LogP contribution is 2.29. The second-order valence-electron chi connectivity index (χ2n) is 6.78. The Morgan fingerprint density at radius 2 is 2.00 bits per heavy atom. The fourth-order valence-electron chi connectivity index (χ4n) is 2.62. The summed E-state index contributed by atoms with van der Waals surface area (Å²) in [4.78, 5) is 2.36. The molecule has 0 spiro atoms. The lowest BCUT2D eigenvalue weighted by Gasteiger charge is -2.37. The maximum absolute atomic E-state index is 10.0. The third-order valence-corrected chi connectivity index (χ3v) is 4.85. The van der Waals surface area contributed by atoms with Gasteiger partial charge in [0.1, 0.15) is 0 Å². The van der Waals surface area contributed by atoms with Crippen LogP contribution in [0.4, 0.5) is 5.69 Å². The summed E-state index contributed by atoms with van der Waals surface area (Å²) in [7, 11) is 0. The third-order valence-electron chi connectivity index (χ3n) is 4.11. The SMILES string of the molecule is CC(C)CNCc1ccc(N2CCC(C)(O)CC2)cc1Br. The van der Waals surface area contributed by atoms with Crippen LogP contribution in [0.5, 0.6) is 0 Å². The van der Waals surface area contributed by atoms with Crippen molar-refractivity contribution in [3.8, 4) is 0 Å². The molecule has 0 atom stereocenters. The second-order valence-corrected chi connectivity index (χ2v) is 7.64. The van der Waals surface area contributed by atoms with E-state index in [2.05, 4.69) is 58.2 Å². The van der Waals surface area contributed by atoms with Crippen molar-refractivity contribution in [1.29, 1.82) is 0 Å². The Hall–Kier alpha value is -0.580. The van der Waals surface area contributed by atoms with E-state index in [0.717, 1.165) is 43.5 Å². The van der Waals surface area contributed by atoms with Crippen LogP contribution in [0.1, 0.15) is 39.2 Å². The Bertz CT molecular complexity index is 464. The second kappa shape index (κ2) is 7.12. The number of nitrogens with one attached hydrogen (secondary N) is 1. The van der Waals surface area contributed by atoms with Gasteiger partial charge in [-0.2, -0.15) is 0 Å². The fourth-order valence-corrected chi connectivity index (χ4v) is 3.13. The minimum atomic E-state index is -0.492. The van der Waals surface area contributed by atoms with Gasteiger partial charge in [0.15, 0.2) is 0 Å². The molecule has 1 fully saturated rings. The Labute approximate surface area is 136 Å². The van der Waals surface area contributed by atoms with Crippen LogP contribution >= 0.6 is 15.9 Å². The monoisotopic (exact) mass is 354 g/mol. The maximum atomic E-state index is 10.0. The van der Waals surface area contributed by atoms with Crippen molar-refractivity contribution in [2.24, 2.45) is 5.92 Å². The quantitative estimate of drug-likeness (QED) is 0.848. The third kappa shape index (κ3) is 4.97. The lowest BCUT2D eigenvalue weighted by molar-refractivity contribution is 0.0351. The van der Waals surface area contributed by atoms with Gasteiger partial charge < -0.3 is 15.3 Å². The summed E-state index contributed by atoms with van der Waals surface area (Å²) in [5.41, 5.74) is 2.04. The molecular formula is C17H27BrN2O. The van der Waals surface area contributed by atoms with Crippen LogP contribution in [0.2, 0.25) is 0 Å². The molecule has 1 aliphatic rings. The molecule has 2 N–H and O–H groups in total. The zero-order valence-corrected chi connectivity index (χ0v) is 14.9. The molecule has 1 heterocycles. The minimum absolute atomic E-state index is 0.492. The number of anilines is 1. The number of piperidine rings is 1. The Kier molecular flexibility index (Phi) is 5.69. The van der Waals surface area contributed by atoms with E-state index in [-0.39, 0.29) is 0 Å². The summed E-state index contributed by atoms with van der Waals surface area (Å²) in [5.74, 6) is 0.671. The minimum Gasteiger partial charge on any atom is -0.390 e. The Balaban J connectivity index is 1.96. The highest BCUT2D eigenvalue weighted by molar-refractivity contribution is 9.10. The lowest BCUT2D eigenvalue weighted by Crippen LogP contribution is -2.42. The van der Waals surface area contributed by atoms with E-state index in [0.29, 0.717) is 5.92 Å². The molecule has 1 aromatic carbocycles. The molecule has 2 rings (SSSR count). The first-order valence-corrected chi connectivity index (χ1v) is 8.63. The predicted molar refractivity (Wildman–Crippen MR) is 92.8 cm³/mol. The van der Waals surface area contributed by atoms with Gasteiger partial charge in [0.25, 0.3) is 0 Å². The largest absolute Gasteiger partial charge is 0.390 e. The molecule has 4 heteroatoms. The van der Waals surface area contributed by atoms with Crippen molar-refractivity contribution < 1.29 is 5.11 Å².